The molecule has 0 spiro atoms. The van der Waals surface area contributed by atoms with Crippen LogP contribution in [0, 0.1) is 0 Å². The molecule has 166 valence electrons. The van der Waals surface area contributed by atoms with Crippen LogP contribution in [-0.2, 0) is 16.1 Å². The van der Waals surface area contributed by atoms with E-state index >= 15 is 0 Å². The Bertz CT molecular complexity index is 1150. The van der Waals surface area contributed by atoms with Crippen molar-refractivity contribution in [2.24, 2.45) is 0 Å². The number of imidazole rings is 1. The number of benzene rings is 2. The lowest BCUT2D eigenvalue weighted by atomic mass is 10.1. The fourth-order valence-corrected chi connectivity index (χ4v) is 5.29. The summed E-state index contributed by atoms with van der Waals surface area (Å²) in [7, 11) is 0. The Morgan fingerprint density at radius 1 is 1.03 bits per heavy atom. The van der Waals surface area contributed by atoms with Gasteiger partial charge in [0.25, 0.3) is 0 Å². The Morgan fingerprint density at radius 3 is 2.59 bits per heavy atom. The monoisotopic (exact) mass is 494 g/mol. The molecule has 2 aliphatic heterocycles. The number of likely N-dealkylation sites (tertiary alicyclic amines) is 1. The zero-order chi connectivity index (χ0) is 22.1. The lowest BCUT2D eigenvalue weighted by molar-refractivity contribution is -0.131. The fraction of sp³-hybridized carbons (Fsp3) is 0.400. The summed E-state index contributed by atoms with van der Waals surface area (Å²) in [5.74, 6) is 1.01. The lowest BCUT2D eigenvalue weighted by Crippen LogP contribution is -2.35. The lowest BCUT2D eigenvalue weighted by Gasteiger charge is -2.22. The minimum Gasteiger partial charge on any atom is -0.341 e. The molecule has 2 amide bonds. The summed E-state index contributed by atoms with van der Waals surface area (Å²) in [6.45, 7) is 2.51. The van der Waals surface area contributed by atoms with E-state index in [1.165, 1.54) is 12.8 Å². The number of amides is 2. The second-order valence-electron chi connectivity index (χ2n) is 8.73. The van der Waals surface area contributed by atoms with E-state index < -0.39 is 0 Å². The number of rotatable bonds is 4. The molecule has 0 N–H and O–H groups in total. The molecule has 7 heteroatoms. The van der Waals surface area contributed by atoms with E-state index in [-0.39, 0.29) is 24.3 Å². The molecular formula is C25H27BrN4O2. The van der Waals surface area contributed by atoms with Crippen molar-refractivity contribution in [2.75, 3.05) is 24.5 Å². The van der Waals surface area contributed by atoms with Crippen LogP contribution < -0.4 is 4.90 Å². The smallest absolute Gasteiger partial charge is 0.242 e. The largest absolute Gasteiger partial charge is 0.341 e. The Morgan fingerprint density at radius 2 is 1.81 bits per heavy atom. The van der Waals surface area contributed by atoms with Crippen molar-refractivity contribution >= 4 is 44.5 Å². The third-order valence-corrected chi connectivity index (χ3v) is 7.04. The quantitative estimate of drug-likeness (QED) is 0.526. The second kappa shape index (κ2) is 9.06. The summed E-state index contributed by atoms with van der Waals surface area (Å²) in [5, 5.41) is 0. The molecule has 2 fully saturated rings. The number of carbonyl (C=O) groups is 2. The van der Waals surface area contributed by atoms with Crippen LogP contribution in [-0.4, -0.2) is 45.9 Å². The van der Waals surface area contributed by atoms with Gasteiger partial charge >= 0.3 is 0 Å². The van der Waals surface area contributed by atoms with Crippen LogP contribution in [0.3, 0.4) is 0 Å². The molecule has 5 rings (SSSR count). The van der Waals surface area contributed by atoms with Gasteiger partial charge in [-0.25, -0.2) is 4.98 Å². The predicted molar refractivity (Wildman–Crippen MR) is 129 cm³/mol. The van der Waals surface area contributed by atoms with Gasteiger partial charge in [-0.3, -0.25) is 9.59 Å². The van der Waals surface area contributed by atoms with Crippen LogP contribution in [0.1, 0.15) is 43.8 Å². The van der Waals surface area contributed by atoms with Crippen LogP contribution in [0.4, 0.5) is 5.69 Å². The first-order valence-electron chi connectivity index (χ1n) is 11.4. The van der Waals surface area contributed by atoms with E-state index in [1.807, 2.05) is 62.9 Å². The molecule has 1 aromatic heterocycles. The fourth-order valence-electron chi connectivity index (χ4n) is 4.90. The molecule has 1 atom stereocenters. The standard InChI is InChI=1S/C25H27BrN4O2/c26-19-8-7-9-20(15-19)29-16-18(14-23(29)31)25-27-21-10-3-4-11-22(21)30(25)17-24(32)28-12-5-1-2-6-13-28/h3-4,7-11,15,18H,1-2,5-6,12-14,16-17H2. The zero-order valence-corrected chi connectivity index (χ0v) is 19.6. The first-order valence-corrected chi connectivity index (χ1v) is 12.2. The molecule has 1 unspecified atom stereocenters. The van der Waals surface area contributed by atoms with Crippen LogP contribution in [0.5, 0.6) is 0 Å². The zero-order valence-electron chi connectivity index (χ0n) is 18.0. The maximum absolute atomic E-state index is 13.2. The van der Waals surface area contributed by atoms with Crippen molar-refractivity contribution in [3.63, 3.8) is 0 Å². The molecule has 0 aliphatic carbocycles. The number of anilines is 1. The SMILES string of the molecule is O=C(Cn1c(C2CC(=O)N(c3cccc(Br)c3)C2)nc2ccccc21)N1CCCCCC1. The van der Waals surface area contributed by atoms with Gasteiger partial charge in [-0.15, -0.1) is 0 Å². The van der Waals surface area contributed by atoms with Gasteiger partial charge in [0.2, 0.25) is 11.8 Å². The van der Waals surface area contributed by atoms with Gasteiger partial charge in [-0.1, -0.05) is 47.0 Å². The average Bonchev–Trinajstić information content (AvgIpc) is 3.22. The number of para-hydroxylation sites is 2. The van der Waals surface area contributed by atoms with Crippen molar-refractivity contribution in [1.82, 2.24) is 14.5 Å². The minimum atomic E-state index is -0.0502. The number of fused-ring (bicyclic) bond motifs is 1. The van der Waals surface area contributed by atoms with Gasteiger partial charge in [0, 0.05) is 42.1 Å². The van der Waals surface area contributed by atoms with Crippen molar-refractivity contribution in [2.45, 2.75) is 44.6 Å². The van der Waals surface area contributed by atoms with E-state index in [9.17, 15) is 9.59 Å². The molecule has 3 heterocycles. The highest BCUT2D eigenvalue weighted by molar-refractivity contribution is 9.10. The predicted octanol–water partition coefficient (Wildman–Crippen LogP) is 4.72. The molecule has 2 saturated heterocycles. The molecule has 32 heavy (non-hydrogen) atoms. The van der Waals surface area contributed by atoms with Crippen LogP contribution in [0.15, 0.2) is 53.0 Å². The van der Waals surface area contributed by atoms with Crippen LogP contribution in [0.25, 0.3) is 11.0 Å². The average molecular weight is 495 g/mol. The maximum atomic E-state index is 13.2. The molecule has 0 radical (unpaired) electrons. The number of hydrogen-bond donors (Lipinski definition) is 0. The van der Waals surface area contributed by atoms with Crippen molar-refractivity contribution < 1.29 is 9.59 Å². The first-order chi connectivity index (χ1) is 15.6. The maximum Gasteiger partial charge on any atom is 0.242 e. The summed E-state index contributed by atoms with van der Waals surface area (Å²) in [4.78, 5) is 34.8. The third kappa shape index (κ3) is 4.18. The van der Waals surface area contributed by atoms with E-state index in [0.717, 1.165) is 52.9 Å². The van der Waals surface area contributed by atoms with Crippen LogP contribution in [0.2, 0.25) is 0 Å². The second-order valence-corrected chi connectivity index (χ2v) is 9.64. The number of hydrogen-bond acceptors (Lipinski definition) is 3. The minimum absolute atomic E-state index is 0.0502. The summed E-state index contributed by atoms with van der Waals surface area (Å²) in [6, 6.07) is 15.8. The molecule has 2 aromatic carbocycles. The van der Waals surface area contributed by atoms with Gasteiger partial charge in [-0.2, -0.15) is 0 Å². The third-order valence-electron chi connectivity index (χ3n) is 6.55. The Labute approximate surface area is 196 Å². The number of nitrogens with zero attached hydrogens (tertiary/aromatic N) is 4. The topological polar surface area (TPSA) is 58.4 Å². The number of halogens is 1. The first kappa shape index (κ1) is 21.2. The van der Waals surface area contributed by atoms with E-state index in [0.29, 0.717) is 13.0 Å². The van der Waals surface area contributed by atoms with E-state index in [4.69, 9.17) is 4.98 Å². The number of carbonyl (C=O) groups excluding carboxylic acids is 2. The molecular weight excluding hydrogens is 468 g/mol. The normalized spacial score (nSPS) is 19.5. The summed E-state index contributed by atoms with van der Waals surface area (Å²) in [6.07, 6.45) is 4.93. The Hall–Kier alpha value is -2.67. The van der Waals surface area contributed by atoms with Gasteiger partial charge < -0.3 is 14.4 Å². The summed E-state index contributed by atoms with van der Waals surface area (Å²) < 4.78 is 2.99. The van der Waals surface area contributed by atoms with Gasteiger partial charge in [0.05, 0.1) is 11.0 Å². The van der Waals surface area contributed by atoms with E-state index in [2.05, 4.69) is 15.9 Å². The highest BCUT2D eigenvalue weighted by Crippen LogP contribution is 2.34. The van der Waals surface area contributed by atoms with Gasteiger partial charge in [0.1, 0.15) is 12.4 Å². The Kier molecular flexibility index (Phi) is 6.00. The van der Waals surface area contributed by atoms with E-state index in [1.54, 1.807) is 0 Å². The number of aromatic nitrogens is 2. The van der Waals surface area contributed by atoms with Gasteiger partial charge in [0.15, 0.2) is 0 Å². The van der Waals surface area contributed by atoms with Crippen molar-refractivity contribution in [3.8, 4) is 0 Å². The summed E-state index contributed by atoms with van der Waals surface area (Å²) >= 11 is 3.50. The molecule has 0 bridgehead atoms. The Balaban J connectivity index is 1.45. The molecule has 3 aromatic rings. The van der Waals surface area contributed by atoms with Crippen LogP contribution >= 0.6 is 15.9 Å². The molecule has 6 nitrogen and oxygen atoms in total. The van der Waals surface area contributed by atoms with Crippen molar-refractivity contribution in [3.05, 3.63) is 58.8 Å². The summed E-state index contributed by atoms with van der Waals surface area (Å²) in [5.41, 5.74) is 2.72. The molecule has 0 saturated carbocycles. The van der Waals surface area contributed by atoms with Crippen molar-refractivity contribution in [1.29, 1.82) is 0 Å². The highest BCUT2D eigenvalue weighted by atomic mass is 79.9. The molecule has 2 aliphatic rings. The van der Waals surface area contributed by atoms with Gasteiger partial charge in [-0.05, 0) is 43.2 Å². The highest BCUT2D eigenvalue weighted by Gasteiger charge is 2.35.